The van der Waals surface area contributed by atoms with Crippen LogP contribution < -0.4 is 4.74 Å². The van der Waals surface area contributed by atoms with E-state index < -0.39 is 12.5 Å². The molecule has 1 heterocycles. The van der Waals surface area contributed by atoms with Crippen molar-refractivity contribution in [1.82, 2.24) is 0 Å². The second kappa shape index (κ2) is 5.40. The summed E-state index contributed by atoms with van der Waals surface area (Å²) in [5.41, 5.74) is 0.306. The number of aliphatic hydroxyl groups is 1. The van der Waals surface area contributed by atoms with Gasteiger partial charge in [0.2, 0.25) is 0 Å². The van der Waals surface area contributed by atoms with Crippen molar-refractivity contribution in [2.75, 3.05) is 0 Å². The number of aliphatic hydroxyl groups excluding tert-OH is 1. The van der Waals surface area contributed by atoms with Crippen molar-refractivity contribution in [1.29, 1.82) is 0 Å². The second-order valence-corrected chi connectivity index (χ2v) is 5.41. The van der Waals surface area contributed by atoms with Crippen LogP contribution in [0.4, 0.5) is 13.2 Å². The van der Waals surface area contributed by atoms with Crippen molar-refractivity contribution in [2.24, 2.45) is 0 Å². The van der Waals surface area contributed by atoms with Gasteiger partial charge in [0.05, 0.1) is 4.34 Å². The first kappa shape index (κ1) is 14.2. The average Bonchev–Trinajstić information content (AvgIpc) is 2.73. The van der Waals surface area contributed by atoms with Crippen LogP contribution in [0.2, 0.25) is 4.34 Å². The highest BCUT2D eigenvalue weighted by atomic mass is 35.5. The van der Waals surface area contributed by atoms with Crippen LogP contribution in [0.3, 0.4) is 0 Å². The van der Waals surface area contributed by atoms with E-state index in [1.54, 1.807) is 12.1 Å². The molecule has 0 amide bonds. The number of ether oxygens (including phenoxy) is 1. The van der Waals surface area contributed by atoms with E-state index >= 15 is 0 Å². The Kier molecular flexibility index (Phi) is 4.03. The third kappa shape index (κ3) is 3.86. The molecule has 19 heavy (non-hydrogen) atoms. The maximum Gasteiger partial charge on any atom is 0.573 e. The lowest BCUT2D eigenvalue weighted by Gasteiger charge is -2.12. The maximum atomic E-state index is 12.1. The largest absolute Gasteiger partial charge is 0.573 e. The summed E-state index contributed by atoms with van der Waals surface area (Å²) in [4.78, 5) is 0.550. The van der Waals surface area contributed by atoms with Crippen molar-refractivity contribution >= 4 is 22.9 Å². The Balaban J connectivity index is 2.23. The van der Waals surface area contributed by atoms with Gasteiger partial charge >= 0.3 is 6.36 Å². The predicted octanol–water partition coefficient (Wildman–Crippen LogP) is 4.38. The van der Waals surface area contributed by atoms with E-state index in [0.717, 1.165) is 17.4 Å². The molecule has 2 aromatic rings. The van der Waals surface area contributed by atoms with E-state index in [4.69, 9.17) is 11.6 Å². The zero-order chi connectivity index (χ0) is 14.0. The Morgan fingerprint density at radius 1 is 1.21 bits per heavy atom. The summed E-state index contributed by atoms with van der Waals surface area (Å²) < 4.78 is 40.6. The normalized spacial score (nSPS) is 13.3. The van der Waals surface area contributed by atoms with Crippen LogP contribution >= 0.6 is 22.9 Å². The first-order valence-corrected chi connectivity index (χ1v) is 6.33. The number of alkyl halides is 3. The minimum atomic E-state index is -4.75. The number of thiophene rings is 1. The predicted molar refractivity (Wildman–Crippen MR) is 66.5 cm³/mol. The lowest BCUT2D eigenvalue weighted by atomic mass is 10.1. The molecule has 1 aromatic carbocycles. The number of hydrogen-bond acceptors (Lipinski definition) is 3. The highest BCUT2D eigenvalue weighted by Crippen LogP contribution is 2.33. The molecule has 1 N–H and O–H groups in total. The lowest BCUT2D eigenvalue weighted by Crippen LogP contribution is -2.17. The SMILES string of the molecule is OC(c1cccc(OC(F)(F)F)c1)c1ccc(Cl)s1. The van der Waals surface area contributed by atoms with Crippen molar-refractivity contribution < 1.29 is 23.0 Å². The molecule has 0 radical (unpaired) electrons. The third-order valence-electron chi connectivity index (χ3n) is 2.27. The minimum Gasteiger partial charge on any atom is -0.406 e. The first-order valence-electron chi connectivity index (χ1n) is 5.14. The molecular weight excluding hydrogens is 301 g/mol. The van der Waals surface area contributed by atoms with E-state index in [2.05, 4.69) is 4.74 Å². The summed E-state index contributed by atoms with van der Waals surface area (Å²) >= 11 is 6.91. The van der Waals surface area contributed by atoms with Crippen molar-refractivity contribution in [3.8, 4) is 5.75 Å². The highest BCUT2D eigenvalue weighted by Gasteiger charge is 2.31. The van der Waals surface area contributed by atoms with Gasteiger partial charge in [-0.15, -0.1) is 24.5 Å². The van der Waals surface area contributed by atoms with E-state index in [0.29, 0.717) is 14.8 Å². The quantitative estimate of drug-likeness (QED) is 0.911. The Labute approximate surface area is 116 Å². The van der Waals surface area contributed by atoms with E-state index in [1.165, 1.54) is 18.2 Å². The molecule has 0 fully saturated rings. The Morgan fingerprint density at radius 3 is 2.53 bits per heavy atom. The number of hydrogen-bond donors (Lipinski definition) is 1. The van der Waals surface area contributed by atoms with Crippen LogP contribution in [0.15, 0.2) is 36.4 Å². The van der Waals surface area contributed by atoms with Crippen LogP contribution in [0, 0.1) is 0 Å². The minimum absolute atomic E-state index is 0.306. The molecule has 0 bridgehead atoms. The molecular formula is C12H8ClF3O2S. The van der Waals surface area contributed by atoms with Gasteiger partial charge in [0.1, 0.15) is 11.9 Å². The zero-order valence-electron chi connectivity index (χ0n) is 9.32. The molecule has 1 atom stereocenters. The fourth-order valence-electron chi connectivity index (χ4n) is 1.52. The highest BCUT2D eigenvalue weighted by molar-refractivity contribution is 7.16. The molecule has 1 unspecified atom stereocenters. The number of halogens is 4. The van der Waals surface area contributed by atoms with Gasteiger partial charge in [-0.3, -0.25) is 0 Å². The fraction of sp³-hybridized carbons (Fsp3) is 0.167. The Morgan fingerprint density at radius 2 is 1.95 bits per heavy atom. The van der Waals surface area contributed by atoms with Gasteiger partial charge in [-0.25, -0.2) is 0 Å². The molecule has 2 nitrogen and oxygen atoms in total. The monoisotopic (exact) mass is 308 g/mol. The maximum absolute atomic E-state index is 12.1. The van der Waals surface area contributed by atoms with Gasteiger partial charge in [-0.05, 0) is 29.8 Å². The topological polar surface area (TPSA) is 29.5 Å². The molecule has 0 aliphatic rings. The Hall–Kier alpha value is -1.24. The van der Waals surface area contributed by atoms with Crippen molar-refractivity contribution in [3.05, 3.63) is 51.2 Å². The molecule has 7 heteroatoms. The molecule has 0 aliphatic carbocycles. The van der Waals surface area contributed by atoms with Crippen LogP contribution in [-0.4, -0.2) is 11.5 Å². The first-order chi connectivity index (χ1) is 8.85. The summed E-state index contributed by atoms with van der Waals surface area (Å²) in [6.45, 7) is 0. The van der Waals surface area contributed by atoms with Crippen LogP contribution in [0.1, 0.15) is 16.5 Å². The zero-order valence-corrected chi connectivity index (χ0v) is 10.9. The van der Waals surface area contributed by atoms with Crippen molar-refractivity contribution in [3.63, 3.8) is 0 Å². The smallest absolute Gasteiger partial charge is 0.406 e. The number of rotatable bonds is 3. The van der Waals surface area contributed by atoms with E-state index in [9.17, 15) is 18.3 Å². The van der Waals surface area contributed by atoms with Crippen LogP contribution in [0.25, 0.3) is 0 Å². The second-order valence-electron chi connectivity index (χ2n) is 3.66. The molecule has 0 aliphatic heterocycles. The molecule has 102 valence electrons. The molecule has 2 rings (SSSR count). The van der Waals surface area contributed by atoms with Crippen molar-refractivity contribution in [2.45, 2.75) is 12.5 Å². The fourth-order valence-corrected chi connectivity index (χ4v) is 2.60. The van der Waals surface area contributed by atoms with Gasteiger partial charge in [0.25, 0.3) is 0 Å². The molecule has 0 saturated carbocycles. The average molecular weight is 309 g/mol. The molecule has 0 spiro atoms. The van der Waals surface area contributed by atoms with Gasteiger partial charge < -0.3 is 9.84 Å². The standard InChI is InChI=1S/C12H8ClF3O2S/c13-10-5-4-9(19-10)11(17)7-2-1-3-8(6-7)18-12(14,15)16/h1-6,11,17H. The van der Waals surface area contributed by atoms with Gasteiger partial charge in [0.15, 0.2) is 0 Å². The Bertz CT molecular complexity index is 568. The molecule has 1 aromatic heterocycles. The number of benzene rings is 1. The summed E-state index contributed by atoms with van der Waals surface area (Å²) in [5.74, 6) is -0.369. The molecule has 0 saturated heterocycles. The lowest BCUT2D eigenvalue weighted by molar-refractivity contribution is -0.274. The summed E-state index contributed by atoms with van der Waals surface area (Å²) in [5, 5.41) is 10.0. The van der Waals surface area contributed by atoms with Gasteiger partial charge in [0, 0.05) is 4.88 Å². The van der Waals surface area contributed by atoms with E-state index in [1.807, 2.05) is 0 Å². The summed E-state index contributed by atoms with van der Waals surface area (Å²) in [7, 11) is 0. The summed E-state index contributed by atoms with van der Waals surface area (Å²) in [6, 6.07) is 8.45. The van der Waals surface area contributed by atoms with Gasteiger partial charge in [-0.2, -0.15) is 0 Å². The van der Waals surface area contributed by atoms with E-state index in [-0.39, 0.29) is 5.75 Å². The van der Waals surface area contributed by atoms with Gasteiger partial charge in [-0.1, -0.05) is 23.7 Å². The van der Waals surface area contributed by atoms with Crippen LogP contribution in [-0.2, 0) is 0 Å². The van der Waals surface area contributed by atoms with Crippen LogP contribution in [0.5, 0.6) is 5.75 Å². The third-order valence-corrected chi connectivity index (χ3v) is 3.55. The summed E-state index contributed by atoms with van der Waals surface area (Å²) in [6.07, 6.45) is -5.79.